The number of carbonyl (C=O) groups is 1. The zero-order valence-electron chi connectivity index (χ0n) is 15.5. The molecule has 0 aliphatic heterocycles. The lowest BCUT2D eigenvalue weighted by molar-refractivity contribution is 0.0636. The fourth-order valence-corrected chi connectivity index (χ4v) is 4.83. The second-order valence-corrected chi connectivity index (χ2v) is 8.54. The lowest BCUT2D eigenvalue weighted by Gasteiger charge is -2.30. The molecule has 0 saturated carbocycles. The van der Waals surface area contributed by atoms with Crippen molar-refractivity contribution in [2.24, 2.45) is 0 Å². The summed E-state index contributed by atoms with van der Waals surface area (Å²) in [7, 11) is -3.11. The van der Waals surface area contributed by atoms with E-state index >= 15 is 0 Å². The Hall–Kier alpha value is -1.41. The summed E-state index contributed by atoms with van der Waals surface area (Å²) in [6, 6.07) is 7.35. The standard InChI is InChI=1S/C17H29NO5Si/c1-7-20-24(21-8-2,22-9-3)15-13-11-10-12-14(15)18-16(19)23-17(4,5)6/h10-13H,7-9H2,1-6H3,(H,18,19). The van der Waals surface area contributed by atoms with Crippen LogP contribution >= 0.6 is 0 Å². The van der Waals surface area contributed by atoms with Crippen molar-refractivity contribution < 1.29 is 22.8 Å². The molecule has 0 fully saturated rings. The Morgan fingerprint density at radius 2 is 1.50 bits per heavy atom. The Balaban J connectivity index is 3.18. The van der Waals surface area contributed by atoms with Gasteiger partial charge >= 0.3 is 14.9 Å². The van der Waals surface area contributed by atoms with E-state index in [-0.39, 0.29) is 0 Å². The molecule has 0 aliphatic carbocycles. The Bertz CT molecular complexity index is 513. The molecule has 0 aromatic heterocycles. The summed E-state index contributed by atoms with van der Waals surface area (Å²) in [6.07, 6.45) is -0.526. The lowest BCUT2D eigenvalue weighted by atomic mass is 10.2. The molecule has 1 amide bonds. The van der Waals surface area contributed by atoms with Gasteiger partial charge in [0.1, 0.15) is 5.60 Å². The molecule has 0 aliphatic rings. The number of hydrogen-bond donors (Lipinski definition) is 1. The predicted octanol–water partition coefficient (Wildman–Crippen LogP) is 3.29. The van der Waals surface area contributed by atoms with E-state index in [1.54, 1.807) is 6.07 Å². The molecular weight excluding hydrogens is 326 g/mol. The van der Waals surface area contributed by atoms with Gasteiger partial charge in [0.25, 0.3) is 0 Å². The average molecular weight is 356 g/mol. The summed E-state index contributed by atoms with van der Waals surface area (Å²) < 4.78 is 23.1. The van der Waals surface area contributed by atoms with Gasteiger partial charge < -0.3 is 18.0 Å². The van der Waals surface area contributed by atoms with Crippen LogP contribution in [0.15, 0.2) is 24.3 Å². The van der Waals surface area contributed by atoms with Crippen molar-refractivity contribution in [3.05, 3.63) is 24.3 Å². The predicted molar refractivity (Wildman–Crippen MR) is 96.6 cm³/mol. The zero-order valence-corrected chi connectivity index (χ0v) is 16.5. The quantitative estimate of drug-likeness (QED) is 0.725. The third-order valence-electron chi connectivity index (χ3n) is 2.90. The van der Waals surface area contributed by atoms with Gasteiger partial charge in [-0.3, -0.25) is 5.32 Å². The van der Waals surface area contributed by atoms with Crippen LogP contribution in [0.25, 0.3) is 0 Å². The van der Waals surface area contributed by atoms with E-state index in [1.807, 2.05) is 59.7 Å². The van der Waals surface area contributed by atoms with E-state index in [0.29, 0.717) is 25.5 Å². The molecule has 1 aromatic rings. The van der Waals surface area contributed by atoms with Gasteiger partial charge in [0.05, 0.1) is 5.69 Å². The first-order valence-electron chi connectivity index (χ1n) is 8.29. The lowest BCUT2D eigenvalue weighted by Crippen LogP contribution is -2.57. The van der Waals surface area contributed by atoms with E-state index in [9.17, 15) is 4.79 Å². The number of rotatable bonds is 8. The number of nitrogens with one attached hydrogen (secondary N) is 1. The van der Waals surface area contributed by atoms with Crippen LogP contribution in [0.1, 0.15) is 41.5 Å². The van der Waals surface area contributed by atoms with Gasteiger partial charge in [-0.15, -0.1) is 0 Å². The highest BCUT2D eigenvalue weighted by Crippen LogP contribution is 2.18. The number of ether oxygens (including phenoxy) is 1. The van der Waals surface area contributed by atoms with E-state index in [0.717, 1.165) is 5.19 Å². The Kier molecular flexibility index (Phi) is 7.88. The van der Waals surface area contributed by atoms with Gasteiger partial charge in [-0.05, 0) is 47.6 Å². The Morgan fingerprint density at radius 3 is 1.96 bits per heavy atom. The molecule has 136 valence electrons. The first-order valence-corrected chi connectivity index (χ1v) is 10.0. The highest BCUT2D eigenvalue weighted by molar-refractivity contribution is 6.76. The van der Waals surface area contributed by atoms with Gasteiger partial charge in [0.15, 0.2) is 0 Å². The molecule has 1 rings (SSSR count). The third-order valence-corrected chi connectivity index (χ3v) is 6.00. The highest BCUT2D eigenvalue weighted by atomic mass is 28.4. The van der Waals surface area contributed by atoms with Crippen molar-refractivity contribution >= 4 is 25.8 Å². The van der Waals surface area contributed by atoms with E-state index in [1.165, 1.54) is 0 Å². The summed E-state index contributed by atoms with van der Waals surface area (Å²) in [5.41, 5.74) is 0.00147. The Labute approximate surface area is 145 Å². The van der Waals surface area contributed by atoms with Crippen LogP contribution in [0, 0.1) is 0 Å². The molecule has 0 unspecified atom stereocenters. The topological polar surface area (TPSA) is 66.0 Å². The maximum atomic E-state index is 12.1. The summed E-state index contributed by atoms with van der Waals surface area (Å²) in [5.74, 6) is 0. The van der Waals surface area contributed by atoms with E-state index in [4.69, 9.17) is 18.0 Å². The summed E-state index contributed by atoms with van der Waals surface area (Å²) >= 11 is 0. The smallest absolute Gasteiger partial charge is 0.444 e. The molecule has 6 nitrogen and oxygen atoms in total. The minimum atomic E-state index is -3.11. The molecule has 0 radical (unpaired) electrons. The van der Waals surface area contributed by atoms with Gasteiger partial charge in [-0.25, -0.2) is 4.79 Å². The van der Waals surface area contributed by atoms with Gasteiger partial charge in [0.2, 0.25) is 0 Å². The first-order chi connectivity index (χ1) is 11.3. The van der Waals surface area contributed by atoms with Gasteiger partial charge in [0, 0.05) is 25.0 Å². The largest absolute Gasteiger partial charge is 0.539 e. The first kappa shape index (κ1) is 20.6. The fourth-order valence-electron chi connectivity index (χ4n) is 2.20. The summed E-state index contributed by atoms with van der Waals surface area (Å²) in [4.78, 5) is 12.1. The highest BCUT2D eigenvalue weighted by Gasteiger charge is 2.45. The molecule has 24 heavy (non-hydrogen) atoms. The van der Waals surface area contributed by atoms with Crippen LogP contribution in [0.2, 0.25) is 0 Å². The summed E-state index contributed by atoms with van der Waals surface area (Å²) in [6.45, 7) is 12.5. The number of carbonyl (C=O) groups excluding carboxylic acids is 1. The molecule has 0 bridgehead atoms. The van der Waals surface area contributed by atoms with Crippen molar-refractivity contribution in [1.82, 2.24) is 0 Å². The average Bonchev–Trinajstić information content (AvgIpc) is 2.46. The van der Waals surface area contributed by atoms with Crippen molar-refractivity contribution in [3.8, 4) is 0 Å². The number of para-hydroxylation sites is 1. The Morgan fingerprint density at radius 1 is 1.00 bits per heavy atom. The van der Waals surface area contributed by atoms with Gasteiger partial charge in [-0.1, -0.05) is 18.2 Å². The van der Waals surface area contributed by atoms with Crippen molar-refractivity contribution in [3.63, 3.8) is 0 Å². The minimum absolute atomic E-state index is 0.451. The van der Waals surface area contributed by atoms with Crippen LogP contribution in [0.4, 0.5) is 10.5 Å². The van der Waals surface area contributed by atoms with Gasteiger partial charge in [-0.2, -0.15) is 0 Å². The van der Waals surface area contributed by atoms with Crippen LogP contribution in [0.5, 0.6) is 0 Å². The molecule has 7 heteroatoms. The second-order valence-electron chi connectivity index (χ2n) is 6.03. The summed E-state index contributed by atoms with van der Waals surface area (Å²) in [5, 5.41) is 3.50. The van der Waals surface area contributed by atoms with Crippen molar-refractivity contribution in [1.29, 1.82) is 0 Å². The van der Waals surface area contributed by atoms with Crippen molar-refractivity contribution in [2.75, 3.05) is 25.1 Å². The number of hydrogen-bond acceptors (Lipinski definition) is 5. The number of amides is 1. The molecule has 1 aromatic carbocycles. The zero-order chi connectivity index (χ0) is 18.2. The monoisotopic (exact) mass is 355 g/mol. The number of benzene rings is 1. The molecule has 0 spiro atoms. The second kappa shape index (κ2) is 9.17. The van der Waals surface area contributed by atoms with Crippen molar-refractivity contribution in [2.45, 2.75) is 47.1 Å². The molecular formula is C17H29NO5Si. The fraction of sp³-hybridized carbons (Fsp3) is 0.588. The maximum Gasteiger partial charge on any atom is 0.539 e. The van der Waals surface area contributed by atoms with Crippen LogP contribution in [-0.2, 0) is 18.0 Å². The SMILES string of the molecule is CCO[Si](OCC)(OCC)c1ccccc1NC(=O)OC(C)(C)C. The van der Waals surface area contributed by atoms with E-state index < -0.39 is 20.5 Å². The third kappa shape index (κ3) is 5.90. The number of anilines is 1. The van der Waals surface area contributed by atoms with Crippen LogP contribution < -0.4 is 10.5 Å². The molecule has 0 saturated heterocycles. The van der Waals surface area contributed by atoms with E-state index in [2.05, 4.69) is 5.32 Å². The van der Waals surface area contributed by atoms with Crippen LogP contribution in [0.3, 0.4) is 0 Å². The normalized spacial score (nSPS) is 12.1. The maximum absolute atomic E-state index is 12.1. The minimum Gasteiger partial charge on any atom is -0.444 e. The molecule has 0 heterocycles. The molecule has 0 atom stereocenters. The molecule has 1 N–H and O–H groups in total. The van der Waals surface area contributed by atoms with Crippen LogP contribution in [-0.4, -0.2) is 40.3 Å².